The number of hydrogen-bond donors (Lipinski definition) is 1. The monoisotopic (exact) mass is 207 g/mol. The molecule has 14 heavy (non-hydrogen) atoms. The lowest BCUT2D eigenvalue weighted by Gasteiger charge is -2.03. The molecule has 0 fully saturated rings. The second-order valence-corrected chi connectivity index (χ2v) is 3.87. The summed E-state index contributed by atoms with van der Waals surface area (Å²) in [5.41, 5.74) is 2.69. The van der Waals surface area contributed by atoms with Gasteiger partial charge in [-0.05, 0) is 31.5 Å². The third kappa shape index (κ3) is 1.42. The standard InChI is InChI=1S/C11H10ClNO/c1-6-3-10-8(5-9(6)12)11(14)4-7(2)13-10/h3-5H,1-2H3,(H,13,14). The largest absolute Gasteiger partial charge is 0.358 e. The summed E-state index contributed by atoms with van der Waals surface area (Å²) in [5, 5.41) is 1.28. The first-order valence-corrected chi connectivity index (χ1v) is 4.75. The number of hydrogen-bond acceptors (Lipinski definition) is 1. The fourth-order valence-corrected chi connectivity index (χ4v) is 1.68. The Morgan fingerprint density at radius 2 is 1.93 bits per heavy atom. The Kier molecular flexibility index (Phi) is 2.08. The summed E-state index contributed by atoms with van der Waals surface area (Å²) in [5.74, 6) is 0. The highest BCUT2D eigenvalue weighted by atomic mass is 35.5. The van der Waals surface area contributed by atoms with Crippen molar-refractivity contribution in [1.29, 1.82) is 0 Å². The van der Waals surface area contributed by atoms with E-state index < -0.39 is 0 Å². The summed E-state index contributed by atoms with van der Waals surface area (Å²) in [7, 11) is 0. The average Bonchev–Trinajstić information content (AvgIpc) is 2.08. The van der Waals surface area contributed by atoms with Gasteiger partial charge in [-0.2, -0.15) is 0 Å². The second-order valence-electron chi connectivity index (χ2n) is 3.46. The predicted molar refractivity (Wildman–Crippen MR) is 59.1 cm³/mol. The molecule has 0 atom stereocenters. The minimum atomic E-state index is 0.0122. The Morgan fingerprint density at radius 3 is 2.64 bits per heavy atom. The van der Waals surface area contributed by atoms with E-state index in [-0.39, 0.29) is 5.43 Å². The van der Waals surface area contributed by atoms with Gasteiger partial charge in [0.1, 0.15) is 0 Å². The first-order valence-electron chi connectivity index (χ1n) is 4.38. The van der Waals surface area contributed by atoms with Crippen LogP contribution in [0.4, 0.5) is 0 Å². The van der Waals surface area contributed by atoms with Crippen LogP contribution in [-0.4, -0.2) is 4.98 Å². The number of H-pyrrole nitrogens is 1. The second kappa shape index (κ2) is 3.14. The van der Waals surface area contributed by atoms with E-state index in [9.17, 15) is 4.79 Å². The number of nitrogens with one attached hydrogen (secondary N) is 1. The van der Waals surface area contributed by atoms with E-state index in [1.807, 2.05) is 19.9 Å². The van der Waals surface area contributed by atoms with Gasteiger partial charge in [-0.1, -0.05) is 11.6 Å². The maximum Gasteiger partial charge on any atom is 0.189 e. The van der Waals surface area contributed by atoms with Crippen molar-refractivity contribution in [1.82, 2.24) is 4.98 Å². The lowest BCUT2D eigenvalue weighted by Crippen LogP contribution is -2.03. The third-order valence-corrected chi connectivity index (χ3v) is 2.65. The summed E-state index contributed by atoms with van der Waals surface area (Å²) < 4.78 is 0. The van der Waals surface area contributed by atoms with Crippen LogP contribution in [0.2, 0.25) is 5.02 Å². The van der Waals surface area contributed by atoms with E-state index in [1.54, 1.807) is 12.1 Å². The fraction of sp³-hybridized carbons (Fsp3) is 0.182. The van der Waals surface area contributed by atoms with Crippen LogP contribution in [0.15, 0.2) is 23.0 Å². The van der Waals surface area contributed by atoms with Crippen LogP contribution >= 0.6 is 11.6 Å². The van der Waals surface area contributed by atoms with Gasteiger partial charge in [0.05, 0.1) is 0 Å². The number of aryl methyl sites for hydroxylation is 2. The molecular formula is C11H10ClNO. The van der Waals surface area contributed by atoms with E-state index in [1.165, 1.54) is 0 Å². The minimum absolute atomic E-state index is 0.0122. The van der Waals surface area contributed by atoms with E-state index in [0.29, 0.717) is 10.4 Å². The Bertz CT molecular complexity index is 557. The van der Waals surface area contributed by atoms with E-state index in [2.05, 4.69) is 4.98 Å². The maximum absolute atomic E-state index is 11.6. The van der Waals surface area contributed by atoms with Crippen LogP contribution in [0.5, 0.6) is 0 Å². The van der Waals surface area contributed by atoms with Gasteiger partial charge in [-0.15, -0.1) is 0 Å². The molecule has 0 aliphatic carbocycles. The van der Waals surface area contributed by atoms with Gasteiger partial charge >= 0.3 is 0 Å². The van der Waals surface area contributed by atoms with E-state index in [0.717, 1.165) is 16.8 Å². The molecule has 0 radical (unpaired) electrons. The Labute approximate surface area is 86.5 Å². The van der Waals surface area contributed by atoms with E-state index >= 15 is 0 Å². The highest BCUT2D eigenvalue weighted by molar-refractivity contribution is 6.32. The van der Waals surface area contributed by atoms with Gasteiger partial charge in [-0.3, -0.25) is 4.79 Å². The van der Waals surface area contributed by atoms with Gasteiger partial charge in [0, 0.05) is 27.7 Å². The summed E-state index contributed by atoms with van der Waals surface area (Å²) in [4.78, 5) is 14.7. The molecule has 3 heteroatoms. The fourth-order valence-electron chi connectivity index (χ4n) is 1.51. The smallest absolute Gasteiger partial charge is 0.189 e. The summed E-state index contributed by atoms with van der Waals surface area (Å²) >= 11 is 5.95. The zero-order valence-electron chi connectivity index (χ0n) is 8.02. The molecule has 0 saturated carbocycles. The molecule has 1 N–H and O–H groups in total. The SMILES string of the molecule is Cc1cc(=O)c2cc(Cl)c(C)cc2[nH]1. The van der Waals surface area contributed by atoms with Crippen molar-refractivity contribution >= 4 is 22.5 Å². The zero-order valence-corrected chi connectivity index (χ0v) is 8.77. The minimum Gasteiger partial charge on any atom is -0.358 e. The lowest BCUT2D eigenvalue weighted by atomic mass is 10.1. The molecule has 2 nitrogen and oxygen atoms in total. The molecule has 0 spiro atoms. The van der Waals surface area contributed by atoms with Gasteiger partial charge in [0.25, 0.3) is 0 Å². The maximum atomic E-state index is 11.6. The molecule has 0 bridgehead atoms. The Morgan fingerprint density at radius 1 is 1.21 bits per heavy atom. The normalized spacial score (nSPS) is 10.8. The molecular weight excluding hydrogens is 198 g/mol. The third-order valence-electron chi connectivity index (χ3n) is 2.24. The van der Waals surface area contributed by atoms with Crippen LogP contribution in [0.25, 0.3) is 10.9 Å². The number of aromatic amines is 1. The Balaban J connectivity index is 2.96. The van der Waals surface area contributed by atoms with Crippen molar-refractivity contribution in [3.8, 4) is 0 Å². The molecule has 0 unspecified atom stereocenters. The van der Waals surface area contributed by atoms with Crippen LogP contribution in [0, 0.1) is 13.8 Å². The molecule has 1 aromatic carbocycles. The van der Waals surface area contributed by atoms with Crippen molar-refractivity contribution in [2.24, 2.45) is 0 Å². The number of halogens is 1. The molecule has 0 aliphatic rings. The zero-order chi connectivity index (χ0) is 10.3. The quantitative estimate of drug-likeness (QED) is 0.708. The number of aromatic nitrogens is 1. The molecule has 0 amide bonds. The van der Waals surface area contributed by atoms with Crippen molar-refractivity contribution in [2.45, 2.75) is 13.8 Å². The highest BCUT2D eigenvalue weighted by Crippen LogP contribution is 2.20. The van der Waals surface area contributed by atoms with Crippen molar-refractivity contribution in [3.05, 3.63) is 44.7 Å². The number of rotatable bonds is 0. The summed E-state index contributed by atoms with van der Waals surface area (Å²) in [6.45, 7) is 3.78. The summed E-state index contributed by atoms with van der Waals surface area (Å²) in [6, 6.07) is 5.19. The average molecular weight is 208 g/mol. The van der Waals surface area contributed by atoms with Gasteiger partial charge in [-0.25, -0.2) is 0 Å². The number of pyridine rings is 1. The van der Waals surface area contributed by atoms with Gasteiger partial charge in [0.15, 0.2) is 5.43 Å². The molecule has 0 saturated heterocycles. The molecule has 0 aliphatic heterocycles. The number of fused-ring (bicyclic) bond motifs is 1. The summed E-state index contributed by atoms with van der Waals surface area (Å²) in [6.07, 6.45) is 0. The Hall–Kier alpha value is -1.28. The highest BCUT2D eigenvalue weighted by Gasteiger charge is 2.03. The van der Waals surface area contributed by atoms with Crippen LogP contribution in [-0.2, 0) is 0 Å². The topological polar surface area (TPSA) is 32.9 Å². The molecule has 72 valence electrons. The van der Waals surface area contributed by atoms with Crippen molar-refractivity contribution < 1.29 is 0 Å². The van der Waals surface area contributed by atoms with Crippen LogP contribution in [0.3, 0.4) is 0 Å². The first kappa shape index (κ1) is 9.28. The van der Waals surface area contributed by atoms with Crippen molar-refractivity contribution in [2.75, 3.05) is 0 Å². The molecule has 2 aromatic rings. The molecule has 1 aromatic heterocycles. The first-order chi connectivity index (χ1) is 6.58. The van der Waals surface area contributed by atoms with Gasteiger partial charge in [0.2, 0.25) is 0 Å². The molecule has 2 rings (SSSR count). The number of benzene rings is 1. The van der Waals surface area contributed by atoms with Crippen LogP contribution in [0.1, 0.15) is 11.3 Å². The predicted octanol–water partition coefficient (Wildman–Crippen LogP) is 2.80. The van der Waals surface area contributed by atoms with Gasteiger partial charge < -0.3 is 4.98 Å². The molecule has 1 heterocycles. The van der Waals surface area contributed by atoms with E-state index in [4.69, 9.17) is 11.6 Å². The van der Waals surface area contributed by atoms with Crippen LogP contribution < -0.4 is 5.43 Å². The van der Waals surface area contributed by atoms with Crippen molar-refractivity contribution in [3.63, 3.8) is 0 Å². The lowest BCUT2D eigenvalue weighted by molar-refractivity contribution is 1.24.